The SMILES string of the molecule is CCOc1ccc(N(CC(=O)N(Cc2c(Cl)cccc2Cl)[C@@H](CC)C(=O)NC(C)C)S(C)(=O)=O)cc1. The average Bonchev–Trinajstić information content (AvgIpc) is 2.78. The number of nitrogens with one attached hydrogen (secondary N) is 1. The van der Waals surface area contributed by atoms with Crippen LogP contribution in [0.2, 0.25) is 10.0 Å². The van der Waals surface area contributed by atoms with Gasteiger partial charge in [0.15, 0.2) is 0 Å². The molecule has 0 spiro atoms. The number of hydrogen-bond donors (Lipinski definition) is 1. The molecule has 8 nitrogen and oxygen atoms in total. The van der Waals surface area contributed by atoms with E-state index in [0.717, 1.165) is 10.6 Å². The van der Waals surface area contributed by atoms with Gasteiger partial charge >= 0.3 is 0 Å². The minimum atomic E-state index is -3.84. The maximum Gasteiger partial charge on any atom is 0.244 e. The van der Waals surface area contributed by atoms with E-state index in [1.54, 1.807) is 49.4 Å². The highest BCUT2D eigenvalue weighted by Crippen LogP contribution is 2.28. The topological polar surface area (TPSA) is 96.0 Å². The van der Waals surface area contributed by atoms with Gasteiger partial charge in [-0.2, -0.15) is 0 Å². The summed E-state index contributed by atoms with van der Waals surface area (Å²) in [6, 6.07) is 10.3. The highest BCUT2D eigenvalue weighted by molar-refractivity contribution is 7.92. The Balaban J connectivity index is 2.48. The fourth-order valence-electron chi connectivity index (χ4n) is 3.64. The summed E-state index contributed by atoms with van der Waals surface area (Å²) in [5.74, 6) is -0.348. The van der Waals surface area contributed by atoms with Crippen molar-refractivity contribution in [1.29, 1.82) is 0 Å². The number of amides is 2. The van der Waals surface area contributed by atoms with Gasteiger partial charge in [-0.25, -0.2) is 8.42 Å². The molecule has 11 heteroatoms. The monoisotopic (exact) mass is 557 g/mol. The predicted octanol–water partition coefficient (Wildman–Crippen LogP) is 4.49. The highest BCUT2D eigenvalue weighted by Gasteiger charge is 2.32. The number of halogens is 2. The van der Waals surface area contributed by atoms with Crippen molar-refractivity contribution in [3.63, 3.8) is 0 Å². The zero-order valence-corrected chi connectivity index (χ0v) is 23.5. The van der Waals surface area contributed by atoms with Crippen LogP contribution in [0, 0.1) is 0 Å². The van der Waals surface area contributed by atoms with E-state index in [-0.39, 0.29) is 18.5 Å². The van der Waals surface area contributed by atoms with Gasteiger partial charge in [0.1, 0.15) is 18.3 Å². The summed E-state index contributed by atoms with van der Waals surface area (Å²) in [4.78, 5) is 28.0. The third kappa shape index (κ3) is 8.01. The van der Waals surface area contributed by atoms with Gasteiger partial charge in [0.2, 0.25) is 21.8 Å². The minimum absolute atomic E-state index is 0.0672. The summed E-state index contributed by atoms with van der Waals surface area (Å²) in [5, 5.41) is 3.51. The lowest BCUT2D eigenvalue weighted by molar-refractivity contribution is -0.140. The smallest absolute Gasteiger partial charge is 0.244 e. The van der Waals surface area contributed by atoms with E-state index in [1.165, 1.54) is 4.90 Å². The second-order valence-electron chi connectivity index (χ2n) is 8.51. The van der Waals surface area contributed by atoms with Crippen LogP contribution in [0.4, 0.5) is 5.69 Å². The highest BCUT2D eigenvalue weighted by atomic mass is 35.5. The van der Waals surface area contributed by atoms with Gasteiger partial charge in [0.05, 0.1) is 18.6 Å². The summed E-state index contributed by atoms with van der Waals surface area (Å²) in [7, 11) is -3.84. The molecule has 198 valence electrons. The number of benzene rings is 2. The van der Waals surface area contributed by atoms with E-state index in [1.807, 2.05) is 20.8 Å². The fraction of sp³-hybridized carbons (Fsp3) is 0.440. The average molecular weight is 559 g/mol. The Hall–Kier alpha value is -2.49. The minimum Gasteiger partial charge on any atom is -0.494 e. The number of nitrogens with zero attached hydrogens (tertiary/aromatic N) is 2. The van der Waals surface area contributed by atoms with Crippen molar-refractivity contribution in [1.82, 2.24) is 10.2 Å². The van der Waals surface area contributed by atoms with E-state index < -0.39 is 28.5 Å². The van der Waals surface area contributed by atoms with Crippen molar-refractivity contribution in [3.05, 3.63) is 58.1 Å². The van der Waals surface area contributed by atoms with Crippen LogP contribution in [0.15, 0.2) is 42.5 Å². The molecular weight excluding hydrogens is 525 g/mol. The Morgan fingerprint density at radius 1 is 1.03 bits per heavy atom. The lowest BCUT2D eigenvalue weighted by atomic mass is 10.1. The molecule has 0 aliphatic rings. The van der Waals surface area contributed by atoms with Crippen molar-refractivity contribution >= 4 is 50.7 Å². The number of sulfonamides is 1. The fourth-order valence-corrected chi connectivity index (χ4v) is 5.01. The molecule has 2 aromatic carbocycles. The first kappa shape index (κ1) is 29.7. The van der Waals surface area contributed by atoms with Crippen molar-refractivity contribution < 1.29 is 22.7 Å². The molecule has 0 radical (unpaired) electrons. The Morgan fingerprint density at radius 3 is 2.08 bits per heavy atom. The van der Waals surface area contributed by atoms with E-state index in [2.05, 4.69) is 5.32 Å². The molecule has 0 unspecified atom stereocenters. The second-order valence-corrected chi connectivity index (χ2v) is 11.2. The number of carbonyl (C=O) groups is 2. The van der Waals surface area contributed by atoms with E-state index >= 15 is 0 Å². The van der Waals surface area contributed by atoms with Crippen molar-refractivity contribution in [3.8, 4) is 5.75 Å². The maximum absolute atomic E-state index is 13.7. The van der Waals surface area contributed by atoms with Gasteiger partial charge in [-0.05, 0) is 63.6 Å². The van der Waals surface area contributed by atoms with Crippen LogP contribution in [0.3, 0.4) is 0 Å². The molecule has 0 bridgehead atoms. The van der Waals surface area contributed by atoms with E-state index in [9.17, 15) is 18.0 Å². The lowest BCUT2D eigenvalue weighted by Crippen LogP contribution is -2.53. The summed E-state index contributed by atoms with van der Waals surface area (Å²) >= 11 is 12.7. The molecule has 2 aromatic rings. The van der Waals surface area contributed by atoms with Gasteiger partial charge in [-0.3, -0.25) is 13.9 Å². The van der Waals surface area contributed by atoms with Gasteiger partial charge in [-0.15, -0.1) is 0 Å². The van der Waals surface area contributed by atoms with Crippen LogP contribution in [-0.4, -0.2) is 56.6 Å². The zero-order chi connectivity index (χ0) is 27.0. The first-order chi connectivity index (χ1) is 16.9. The number of rotatable bonds is 12. The van der Waals surface area contributed by atoms with Gasteiger partial charge in [0, 0.05) is 28.2 Å². The zero-order valence-electron chi connectivity index (χ0n) is 21.1. The molecule has 1 N–H and O–H groups in total. The van der Waals surface area contributed by atoms with Gasteiger partial charge in [0.25, 0.3) is 0 Å². The normalized spacial score (nSPS) is 12.2. The van der Waals surface area contributed by atoms with Crippen LogP contribution >= 0.6 is 23.2 Å². The van der Waals surface area contributed by atoms with Crippen molar-refractivity contribution in [2.45, 2.75) is 52.7 Å². The Kier molecular flexibility index (Phi) is 10.9. The first-order valence-corrected chi connectivity index (χ1v) is 14.2. The van der Waals surface area contributed by atoms with Crippen molar-refractivity contribution in [2.24, 2.45) is 0 Å². The molecule has 0 saturated carbocycles. The quantitative estimate of drug-likeness (QED) is 0.414. The van der Waals surface area contributed by atoms with Crippen LogP contribution in [0.25, 0.3) is 0 Å². The lowest BCUT2D eigenvalue weighted by Gasteiger charge is -2.33. The Morgan fingerprint density at radius 2 is 1.61 bits per heavy atom. The molecule has 0 aliphatic carbocycles. The number of hydrogen-bond acceptors (Lipinski definition) is 5. The molecule has 0 aromatic heterocycles. The predicted molar refractivity (Wildman–Crippen MR) is 144 cm³/mol. The third-order valence-corrected chi connectivity index (χ3v) is 7.17. The number of carbonyl (C=O) groups excluding carboxylic acids is 2. The van der Waals surface area contributed by atoms with Crippen LogP contribution in [-0.2, 0) is 26.2 Å². The molecule has 2 rings (SSSR count). The van der Waals surface area contributed by atoms with E-state index in [4.69, 9.17) is 27.9 Å². The summed E-state index contributed by atoms with van der Waals surface area (Å²) in [6.45, 7) is 7.14. The van der Waals surface area contributed by atoms with Crippen LogP contribution in [0.5, 0.6) is 5.75 Å². The molecule has 0 heterocycles. The molecule has 0 saturated heterocycles. The molecule has 0 aliphatic heterocycles. The number of ether oxygens (including phenoxy) is 1. The molecule has 0 fully saturated rings. The first-order valence-electron chi connectivity index (χ1n) is 11.6. The standard InChI is InChI=1S/C25H33Cl2N3O5S/c1-6-23(25(32)28-17(3)4)29(15-20-21(26)9-8-10-22(20)27)24(31)16-30(36(5,33)34)18-11-13-19(14-12-18)35-7-2/h8-14,17,23H,6-7,15-16H2,1-5H3,(H,28,32)/t23-/m0/s1. The second kappa shape index (κ2) is 13.2. The van der Waals surface area contributed by atoms with Gasteiger partial charge < -0.3 is 15.0 Å². The van der Waals surface area contributed by atoms with E-state index in [0.29, 0.717) is 40.1 Å². The Labute approximate surface area is 223 Å². The largest absolute Gasteiger partial charge is 0.494 e. The van der Waals surface area contributed by atoms with Crippen molar-refractivity contribution in [2.75, 3.05) is 23.7 Å². The third-order valence-electron chi connectivity index (χ3n) is 5.32. The van der Waals surface area contributed by atoms with Gasteiger partial charge in [-0.1, -0.05) is 36.2 Å². The summed E-state index contributed by atoms with van der Waals surface area (Å²) < 4.78 is 31.8. The molecule has 1 atom stereocenters. The Bertz CT molecular complexity index is 1140. The maximum atomic E-state index is 13.7. The number of anilines is 1. The molecule has 36 heavy (non-hydrogen) atoms. The summed E-state index contributed by atoms with van der Waals surface area (Å²) in [5.41, 5.74) is 0.765. The molecule has 2 amide bonds. The van der Waals surface area contributed by atoms with Crippen LogP contribution in [0.1, 0.15) is 39.7 Å². The molecular formula is C25H33Cl2N3O5S. The van der Waals surface area contributed by atoms with Crippen LogP contribution < -0.4 is 14.4 Å². The summed E-state index contributed by atoms with van der Waals surface area (Å²) in [6.07, 6.45) is 1.32.